The van der Waals surface area contributed by atoms with Crippen molar-refractivity contribution in [1.29, 1.82) is 0 Å². The van der Waals surface area contributed by atoms with Crippen molar-refractivity contribution >= 4 is 33.9 Å². The molecule has 0 saturated heterocycles. The predicted octanol–water partition coefficient (Wildman–Crippen LogP) is 6.73. The molecule has 2 aromatic heterocycles. The van der Waals surface area contributed by atoms with Gasteiger partial charge in [0.2, 0.25) is 5.88 Å². The average Bonchev–Trinajstić information content (AvgIpc) is 2.91. The van der Waals surface area contributed by atoms with E-state index in [1.54, 1.807) is 54.9 Å². The first-order valence-corrected chi connectivity index (χ1v) is 11.3. The topological polar surface area (TPSA) is 115 Å². The second-order valence-corrected chi connectivity index (χ2v) is 8.09. The minimum Gasteiger partial charge on any atom is -0.438 e. The van der Waals surface area contributed by atoms with Crippen LogP contribution >= 0.6 is 0 Å². The summed E-state index contributed by atoms with van der Waals surface area (Å²) in [6.07, 6.45) is 0.166. The van der Waals surface area contributed by atoms with Crippen LogP contribution in [0, 0.1) is 0 Å². The van der Waals surface area contributed by atoms with Crippen LogP contribution < -0.4 is 21.1 Å². The molecule has 2 amide bonds. The first kappa shape index (κ1) is 24.5. The van der Waals surface area contributed by atoms with Crippen molar-refractivity contribution in [2.24, 2.45) is 0 Å². The predicted molar refractivity (Wildman–Crippen MR) is 138 cm³/mol. The van der Waals surface area contributed by atoms with Crippen molar-refractivity contribution in [3.8, 4) is 22.9 Å². The molecule has 2 heterocycles. The van der Waals surface area contributed by atoms with Gasteiger partial charge >= 0.3 is 12.2 Å². The first-order chi connectivity index (χ1) is 18.3. The molecule has 0 atom stereocenters. The Bertz CT molecular complexity index is 1610. The Labute approximate surface area is 214 Å². The molecule has 5 rings (SSSR count). The number of nitrogens with zero attached hydrogens (tertiary/aromatic N) is 3. The Morgan fingerprint density at radius 2 is 1.68 bits per heavy atom. The third-order valence-electron chi connectivity index (χ3n) is 5.59. The summed E-state index contributed by atoms with van der Waals surface area (Å²) in [5, 5.41) is 6.37. The number of rotatable bonds is 5. The summed E-state index contributed by atoms with van der Waals surface area (Å²) < 4.78 is 44.6. The monoisotopic (exact) mass is 516 g/mol. The number of carbonyl (C=O) groups is 1. The number of hydrogen-bond acceptors (Lipinski definition) is 6. The lowest BCUT2D eigenvalue weighted by molar-refractivity contribution is -0.137. The molecule has 11 heteroatoms. The molecule has 38 heavy (non-hydrogen) atoms. The van der Waals surface area contributed by atoms with Gasteiger partial charge in [0, 0.05) is 34.5 Å². The number of amides is 2. The molecule has 0 aliphatic carbocycles. The zero-order chi connectivity index (χ0) is 26.7. The fourth-order valence-electron chi connectivity index (χ4n) is 3.84. The number of carbonyl (C=O) groups excluding carboxylic acids is 1. The van der Waals surface area contributed by atoms with Crippen LogP contribution in [0.25, 0.3) is 22.0 Å². The van der Waals surface area contributed by atoms with Gasteiger partial charge in [0.15, 0.2) is 0 Å². The number of benzene rings is 3. The van der Waals surface area contributed by atoms with Crippen LogP contribution in [-0.2, 0) is 6.18 Å². The standard InChI is InChI=1S/C27H19F3N6O2/c28-27(29,30)16-6-8-17(9-7-16)35-26(37)36-22-10-11-23(24-18(22)3-1-5-20(24)31)38-25-19(4-2-13-33-25)21-12-14-32-15-34-21/h1-15H,31H2,(H2,35,36,37). The summed E-state index contributed by atoms with van der Waals surface area (Å²) in [5.41, 5.74) is 7.78. The molecule has 0 fully saturated rings. The molecule has 0 unspecified atom stereocenters. The van der Waals surface area contributed by atoms with E-state index in [0.29, 0.717) is 45.0 Å². The zero-order valence-corrected chi connectivity index (χ0v) is 19.5. The van der Waals surface area contributed by atoms with Gasteiger partial charge in [-0.05, 0) is 60.7 Å². The Hall–Kier alpha value is -5.19. The maximum absolute atomic E-state index is 12.8. The molecular weight excluding hydrogens is 497 g/mol. The molecule has 8 nitrogen and oxygen atoms in total. The van der Waals surface area contributed by atoms with Crippen LogP contribution in [0.5, 0.6) is 11.6 Å². The normalized spacial score (nSPS) is 11.2. The van der Waals surface area contributed by atoms with Crippen LogP contribution in [0.2, 0.25) is 0 Å². The lowest BCUT2D eigenvalue weighted by atomic mass is 10.1. The van der Waals surface area contributed by atoms with Crippen LogP contribution in [0.15, 0.2) is 91.5 Å². The van der Waals surface area contributed by atoms with Gasteiger partial charge in [-0.25, -0.2) is 19.7 Å². The quantitative estimate of drug-likeness (QED) is 0.223. The zero-order valence-electron chi connectivity index (χ0n) is 19.5. The van der Waals surface area contributed by atoms with Crippen LogP contribution in [0.3, 0.4) is 0 Å². The Morgan fingerprint density at radius 3 is 2.42 bits per heavy atom. The average molecular weight is 516 g/mol. The molecule has 0 saturated carbocycles. The fraction of sp³-hybridized carbons (Fsp3) is 0.0370. The Morgan fingerprint density at radius 1 is 0.868 bits per heavy atom. The summed E-state index contributed by atoms with van der Waals surface area (Å²) in [4.78, 5) is 25.2. The number of nitrogens with one attached hydrogen (secondary N) is 2. The second kappa shape index (κ2) is 10.1. The number of anilines is 3. The number of ether oxygens (including phenoxy) is 1. The van der Waals surface area contributed by atoms with Crippen LogP contribution in [-0.4, -0.2) is 21.0 Å². The van der Waals surface area contributed by atoms with Crippen molar-refractivity contribution in [2.45, 2.75) is 6.18 Å². The molecule has 3 aromatic carbocycles. The van der Waals surface area contributed by atoms with E-state index < -0.39 is 17.8 Å². The molecule has 0 spiro atoms. The molecule has 0 aliphatic rings. The summed E-state index contributed by atoms with van der Waals surface area (Å²) in [5.74, 6) is 0.706. The first-order valence-electron chi connectivity index (χ1n) is 11.3. The summed E-state index contributed by atoms with van der Waals surface area (Å²) in [7, 11) is 0. The lowest BCUT2D eigenvalue weighted by Gasteiger charge is -2.16. The molecular formula is C27H19F3N6O2. The lowest BCUT2D eigenvalue weighted by Crippen LogP contribution is -2.19. The molecule has 4 N–H and O–H groups in total. The van der Waals surface area contributed by atoms with E-state index in [1.807, 2.05) is 6.07 Å². The van der Waals surface area contributed by atoms with Crippen LogP contribution in [0.4, 0.5) is 35.0 Å². The van der Waals surface area contributed by atoms with Gasteiger partial charge in [0.25, 0.3) is 0 Å². The minimum absolute atomic E-state index is 0.201. The van der Waals surface area contributed by atoms with E-state index in [0.717, 1.165) is 12.1 Å². The number of alkyl halides is 3. The number of aromatic nitrogens is 3. The number of nitrogens with two attached hydrogens (primary N) is 1. The van der Waals surface area contributed by atoms with E-state index in [-0.39, 0.29) is 5.69 Å². The molecule has 190 valence electrons. The largest absolute Gasteiger partial charge is 0.438 e. The van der Waals surface area contributed by atoms with Crippen molar-refractivity contribution < 1.29 is 22.7 Å². The molecule has 0 radical (unpaired) electrons. The molecule has 5 aromatic rings. The van der Waals surface area contributed by atoms with Crippen LogP contribution in [0.1, 0.15) is 5.56 Å². The number of fused-ring (bicyclic) bond motifs is 1. The van der Waals surface area contributed by atoms with Gasteiger partial charge in [0.05, 0.1) is 22.5 Å². The van der Waals surface area contributed by atoms with Crippen molar-refractivity contribution in [3.63, 3.8) is 0 Å². The minimum atomic E-state index is -4.46. The van der Waals surface area contributed by atoms with E-state index in [2.05, 4.69) is 25.6 Å². The van der Waals surface area contributed by atoms with Crippen molar-refractivity contribution in [2.75, 3.05) is 16.4 Å². The Kier molecular flexibility index (Phi) is 6.48. The highest BCUT2D eigenvalue weighted by Gasteiger charge is 2.30. The van der Waals surface area contributed by atoms with E-state index in [9.17, 15) is 18.0 Å². The highest BCUT2D eigenvalue weighted by atomic mass is 19.4. The van der Waals surface area contributed by atoms with E-state index in [1.165, 1.54) is 18.5 Å². The summed E-state index contributed by atoms with van der Waals surface area (Å²) in [6, 6.07) is 17.3. The smallest absolute Gasteiger partial charge is 0.416 e. The van der Waals surface area contributed by atoms with Crippen molar-refractivity contribution in [3.05, 3.63) is 97.1 Å². The molecule has 0 bridgehead atoms. The van der Waals surface area contributed by atoms with Crippen molar-refractivity contribution in [1.82, 2.24) is 15.0 Å². The number of halogens is 3. The summed E-state index contributed by atoms with van der Waals surface area (Å²) in [6.45, 7) is 0. The van der Waals surface area contributed by atoms with Gasteiger partial charge in [0.1, 0.15) is 12.1 Å². The maximum Gasteiger partial charge on any atom is 0.416 e. The molecule has 0 aliphatic heterocycles. The SMILES string of the molecule is Nc1cccc2c(NC(=O)Nc3ccc(C(F)(F)F)cc3)ccc(Oc3ncccc3-c3ccncn3)c12. The van der Waals surface area contributed by atoms with Gasteiger partial charge in [-0.3, -0.25) is 0 Å². The van der Waals surface area contributed by atoms with Gasteiger partial charge in [-0.1, -0.05) is 12.1 Å². The van der Waals surface area contributed by atoms with Gasteiger partial charge in [-0.15, -0.1) is 0 Å². The second-order valence-electron chi connectivity index (χ2n) is 8.09. The highest BCUT2D eigenvalue weighted by Crippen LogP contribution is 2.39. The highest BCUT2D eigenvalue weighted by molar-refractivity contribution is 6.10. The third kappa shape index (κ3) is 5.16. The third-order valence-corrected chi connectivity index (χ3v) is 5.59. The number of hydrogen-bond donors (Lipinski definition) is 3. The number of nitrogen functional groups attached to an aromatic ring is 1. The maximum atomic E-state index is 12.8. The number of urea groups is 1. The van der Waals surface area contributed by atoms with Gasteiger partial charge in [-0.2, -0.15) is 13.2 Å². The number of pyridine rings is 1. The van der Waals surface area contributed by atoms with E-state index in [4.69, 9.17) is 10.5 Å². The summed E-state index contributed by atoms with van der Waals surface area (Å²) >= 11 is 0. The fourth-order valence-corrected chi connectivity index (χ4v) is 3.84. The van der Waals surface area contributed by atoms with Gasteiger partial charge < -0.3 is 21.1 Å². The Balaban J connectivity index is 1.43. The van der Waals surface area contributed by atoms with E-state index >= 15 is 0 Å².